The van der Waals surface area contributed by atoms with E-state index in [1.807, 2.05) is 11.8 Å². The third-order valence-corrected chi connectivity index (χ3v) is 5.01. The van der Waals surface area contributed by atoms with Crippen molar-refractivity contribution < 1.29 is 0 Å². The van der Waals surface area contributed by atoms with Gasteiger partial charge in [-0.15, -0.1) is 0 Å². The quantitative estimate of drug-likeness (QED) is 0.925. The molecule has 0 atom stereocenters. The fourth-order valence-corrected chi connectivity index (χ4v) is 3.35. The first-order valence-electron chi connectivity index (χ1n) is 7.03. The van der Waals surface area contributed by atoms with Crippen LogP contribution >= 0.6 is 23.4 Å². The summed E-state index contributed by atoms with van der Waals surface area (Å²) < 4.78 is 0. The van der Waals surface area contributed by atoms with E-state index in [0.29, 0.717) is 6.04 Å². The van der Waals surface area contributed by atoms with Crippen molar-refractivity contribution in [1.82, 2.24) is 10.3 Å². The van der Waals surface area contributed by atoms with E-state index in [0.717, 1.165) is 30.5 Å². The Morgan fingerprint density at radius 1 is 1.37 bits per heavy atom. The second-order valence-electron chi connectivity index (χ2n) is 5.24. The largest absolute Gasteiger partial charge is 0.356 e. The fraction of sp³-hybridized carbons (Fsp3) is 0.643. The summed E-state index contributed by atoms with van der Waals surface area (Å²) >= 11 is 8.28. The van der Waals surface area contributed by atoms with Gasteiger partial charge in [0.1, 0.15) is 5.82 Å². The number of hydrogen-bond donors (Lipinski definition) is 1. The molecule has 0 radical (unpaired) electrons. The van der Waals surface area contributed by atoms with E-state index in [1.54, 1.807) is 6.20 Å². The van der Waals surface area contributed by atoms with Crippen molar-refractivity contribution in [1.29, 1.82) is 0 Å². The Kier molecular flexibility index (Phi) is 4.51. The van der Waals surface area contributed by atoms with E-state index in [4.69, 9.17) is 11.6 Å². The second-order valence-corrected chi connectivity index (χ2v) is 6.87. The minimum atomic E-state index is 0.710. The normalized spacial score (nSPS) is 20.4. The molecule has 0 unspecified atom stereocenters. The van der Waals surface area contributed by atoms with Gasteiger partial charge < -0.3 is 10.2 Å². The lowest BCUT2D eigenvalue weighted by Crippen LogP contribution is -2.26. The third-order valence-electron chi connectivity index (χ3n) is 3.63. The van der Waals surface area contributed by atoms with E-state index in [2.05, 4.69) is 21.3 Å². The molecule has 1 saturated carbocycles. The first-order chi connectivity index (χ1) is 9.33. The summed E-state index contributed by atoms with van der Waals surface area (Å²) in [5, 5.41) is 4.30. The molecular formula is C14H20ClN3S. The fourth-order valence-electron chi connectivity index (χ4n) is 2.29. The van der Waals surface area contributed by atoms with Gasteiger partial charge in [-0.3, -0.25) is 0 Å². The number of rotatable bonds is 4. The van der Waals surface area contributed by atoms with Crippen LogP contribution < -0.4 is 10.2 Å². The Hall–Kier alpha value is -0.450. The summed E-state index contributed by atoms with van der Waals surface area (Å²) in [5.74, 6) is 3.54. The highest BCUT2D eigenvalue weighted by atomic mass is 35.5. The van der Waals surface area contributed by atoms with Crippen LogP contribution in [0.2, 0.25) is 5.02 Å². The maximum absolute atomic E-state index is 6.25. The number of pyridine rings is 1. The molecule has 1 aliphatic carbocycles. The standard InChI is InChI=1S/C14H20ClN3S/c15-13-10-17-14(18-4-1-6-19-7-5-18)8-11(13)9-16-12-2-3-12/h8,10,12,16H,1-7,9H2. The highest BCUT2D eigenvalue weighted by Crippen LogP contribution is 2.24. The summed E-state index contributed by atoms with van der Waals surface area (Å²) in [4.78, 5) is 6.89. The number of anilines is 1. The number of halogens is 1. The maximum Gasteiger partial charge on any atom is 0.128 e. The third kappa shape index (κ3) is 3.77. The van der Waals surface area contributed by atoms with Crippen LogP contribution in [0, 0.1) is 0 Å². The van der Waals surface area contributed by atoms with Crippen molar-refractivity contribution in [3.05, 3.63) is 22.8 Å². The summed E-state index contributed by atoms with van der Waals surface area (Å²) in [5.41, 5.74) is 1.18. The summed E-state index contributed by atoms with van der Waals surface area (Å²) in [7, 11) is 0. The van der Waals surface area contributed by atoms with Crippen LogP contribution in [-0.2, 0) is 6.54 Å². The minimum Gasteiger partial charge on any atom is -0.356 e. The zero-order chi connectivity index (χ0) is 13.1. The summed E-state index contributed by atoms with van der Waals surface area (Å²) in [6.07, 6.45) is 5.65. The van der Waals surface area contributed by atoms with Gasteiger partial charge in [0, 0.05) is 37.6 Å². The van der Waals surface area contributed by atoms with Gasteiger partial charge in [-0.05, 0) is 36.6 Å². The number of thioether (sulfide) groups is 1. The predicted molar refractivity (Wildman–Crippen MR) is 83.3 cm³/mol. The molecule has 1 aromatic heterocycles. The highest BCUT2D eigenvalue weighted by molar-refractivity contribution is 7.99. The number of nitrogens with one attached hydrogen (secondary N) is 1. The zero-order valence-corrected chi connectivity index (χ0v) is 12.6. The molecule has 2 fully saturated rings. The second kappa shape index (κ2) is 6.33. The van der Waals surface area contributed by atoms with Crippen LogP contribution in [0.5, 0.6) is 0 Å². The van der Waals surface area contributed by atoms with Gasteiger partial charge in [-0.2, -0.15) is 11.8 Å². The SMILES string of the molecule is Clc1cnc(N2CCCSCC2)cc1CNC1CC1. The Morgan fingerprint density at radius 3 is 3.11 bits per heavy atom. The number of nitrogens with zero attached hydrogens (tertiary/aromatic N) is 2. The molecule has 0 amide bonds. The van der Waals surface area contributed by atoms with Crippen molar-refractivity contribution >= 4 is 29.2 Å². The lowest BCUT2D eigenvalue weighted by Gasteiger charge is -2.22. The van der Waals surface area contributed by atoms with E-state index in [1.165, 1.54) is 36.3 Å². The van der Waals surface area contributed by atoms with Gasteiger partial charge in [0.15, 0.2) is 0 Å². The van der Waals surface area contributed by atoms with Crippen LogP contribution in [-0.4, -0.2) is 35.6 Å². The molecule has 104 valence electrons. The molecule has 3 nitrogen and oxygen atoms in total. The molecule has 2 aliphatic rings. The molecule has 19 heavy (non-hydrogen) atoms. The van der Waals surface area contributed by atoms with Crippen molar-refractivity contribution in [3.8, 4) is 0 Å². The van der Waals surface area contributed by atoms with Gasteiger partial charge in [0.05, 0.1) is 5.02 Å². The van der Waals surface area contributed by atoms with E-state index in [9.17, 15) is 0 Å². The molecule has 3 rings (SSSR count). The minimum absolute atomic E-state index is 0.710. The molecule has 0 spiro atoms. The molecule has 1 aromatic rings. The Morgan fingerprint density at radius 2 is 2.26 bits per heavy atom. The molecule has 0 bridgehead atoms. The smallest absolute Gasteiger partial charge is 0.128 e. The molecule has 0 aromatic carbocycles. The molecule has 1 aliphatic heterocycles. The zero-order valence-electron chi connectivity index (χ0n) is 11.1. The predicted octanol–water partition coefficient (Wildman–Crippen LogP) is 2.93. The lowest BCUT2D eigenvalue weighted by molar-refractivity contribution is 0.686. The van der Waals surface area contributed by atoms with Crippen molar-refractivity contribution in [2.75, 3.05) is 29.5 Å². The molecular weight excluding hydrogens is 278 g/mol. The average Bonchev–Trinajstić information content (AvgIpc) is 3.25. The van der Waals surface area contributed by atoms with Crippen LogP contribution in [0.15, 0.2) is 12.3 Å². The summed E-state index contributed by atoms with van der Waals surface area (Å²) in [6, 6.07) is 2.87. The topological polar surface area (TPSA) is 28.2 Å². The van der Waals surface area contributed by atoms with E-state index >= 15 is 0 Å². The molecule has 2 heterocycles. The van der Waals surface area contributed by atoms with Crippen molar-refractivity contribution in [3.63, 3.8) is 0 Å². The van der Waals surface area contributed by atoms with Gasteiger partial charge in [0.25, 0.3) is 0 Å². The maximum atomic E-state index is 6.25. The first-order valence-corrected chi connectivity index (χ1v) is 8.57. The van der Waals surface area contributed by atoms with Crippen molar-refractivity contribution in [2.24, 2.45) is 0 Å². The van der Waals surface area contributed by atoms with Crippen molar-refractivity contribution in [2.45, 2.75) is 31.8 Å². The Bertz CT molecular complexity index is 429. The van der Waals surface area contributed by atoms with Crippen LogP contribution in [0.3, 0.4) is 0 Å². The lowest BCUT2D eigenvalue weighted by atomic mass is 10.2. The van der Waals surface area contributed by atoms with Crippen LogP contribution in [0.4, 0.5) is 5.82 Å². The Labute approximate surface area is 124 Å². The Balaban J connectivity index is 1.70. The highest BCUT2D eigenvalue weighted by Gasteiger charge is 2.21. The average molecular weight is 298 g/mol. The van der Waals surface area contributed by atoms with Crippen LogP contribution in [0.1, 0.15) is 24.8 Å². The monoisotopic (exact) mass is 297 g/mol. The van der Waals surface area contributed by atoms with Crippen LogP contribution in [0.25, 0.3) is 0 Å². The number of hydrogen-bond acceptors (Lipinski definition) is 4. The summed E-state index contributed by atoms with van der Waals surface area (Å²) in [6.45, 7) is 3.06. The first kappa shape index (κ1) is 13.5. The van der Waals surface area contributed by atoms with Gasteiger partial charge >= 0.3 is 0 Å². The van der Waals surface area contributed by atoms with E-state index < -0.39 is 0 Å². The van der Waals surface area contributed by atoms with Gasteiger partial charge in [-0.1, -0.05) is 11.6 Å². The molecule has 1 saturated heterocycles. The molecule has 1 N–H and O–H groups in total. The van der Waals surface area contributed by atoms with Gasteiger partial charge in [0.2, 0.25) is 0 Å². The van der Waals surface area contributed by atoms with Gasteiger partial charge in [-0.25, -0.2) is 4.98 Å². The van der Waals surface area contributed by atoms with E-state index in [-0.39, 0.29) is 0 Å². The number of aromatic nitrogens is 1. The molecule has 5 heteroatoms.